The van der Waals surface area contributed by atoms with Crippen molar-refractivity contribution in [3.8, 4) is 5.75 Å². The standard InChI is InChI=1S/C11H10ClN3O4S/c1-19-10-3-2-7(20(12,17)18)6-9(10)14-11(16)8-4-5-13-15-8/h2-6H,1H3,(H,13,15)(H,14,16). The fourth-order valence-corrected chi connectivity index (χ4v) is 2.29. The molecule has 2 N–H and O–H groups in total. The molecule has 0 spiro atoms. The van der Waals surface area contributed by atoms with Gasteiger partial charge < -0.3 is 10.1 Å². The molecule has 0 saturated carbocycles. The predicted octanol–water partition coefficient (Wildman–Crippen LogP) is 1.60. The van der Waals surface area contributed by atoms with E-state index in [2.05, 4.69) is 15.5 Å². The highest BCUT2D eigenvalue weighted by molar-refractivity contribution is 8.13. The van der Waals surface area contributed by atoms with Crippen LogP contribution >= 0.6 is 10.7 Å². The van der Waals surface area contributed by atoms with Gasteiger partial charge in [0.1, 0.15) is 11.4 Å². The summed E-state index contributed by atoms with van der Waals surface area (Å²) >= 11 is 0. The number of ether oxygens (including phenoxy) is 1. The van der Waals surface area contributed by atoms with E-state index in [-0.39, 0.29) is 16.3 Å². The molecule has 20 heavy (non-hydrogen) atoms. The van der Waals surface area contributed by atoms with Crippen molar-refractivity contribution in [1.29, 1.82) is 0 Å². The molecule has 2 aromatic rings. The maximum absolute atomic E-state index is 11.9. The third kappa shape index (κ3) is 3.09. The van der Waals surface area contributed by atoms with Crippen LogP contribution < -0.4 is 10.1 Å². The summed E-state index contributed by atoms with van der Waals surface area (Å²) < 4.78 is 27.6. The molecule has 2 rings (SSSR count). The number of aromatic amines is 1. The van der Waals surface area contributed by atoms with E-state index in [1.165, 1.54) is 37.6 Å². The molecule has 1 heterocycles. The highest BCUT2D eigenvalue weighted by Crippen LogP contribution is 2.29. The van der Waals surface area contributed by atoms with Gasteiger partial charge in [0.2, 0.25) is 0 Å². The minimum absolute atomic E-state index is 0.139. The summed E-state index contributed by atoms with van der Waals surface area (Å²) in [6.45, 7) is 0. The first-order valence-electron chi connectivity index (χ1n) is 5.35. The van der Waals surface area contributed by atoms with Crippen LogP contribution in [0.1, 0.15) is 10.5 Å². The quantitative estimate of drug-likeness (QED) is 0.834. The zero-order valence-electron chi connectivity index (χ0n) is 10.3. The molecule has 0 unspecified atom stereocenters. The molecule has 9 heteroatoms. The van der Waals surface area contributed by atoms with Gasteiger partial charge in [-0.15, -0.1) is 0 Å². The first-order chi connectivity index (χ1) is 9.41. The van der Waals surface area contributed by atoms with Gasteiger partial charge in [0.25, 0.3) is 15.0 Å². The number of carbonyl (C=O) groups excluding carboxylic acids is 1. The number of methoxy groups -OCH3 is 1. The number of H-pyrrole nitrogens is 1. The summed E-state index contributed by atoms with van der Waals surface area (Å²) in [5.74, 6) is -0.174. The number of aromatic nitrogens is 2. The Balaban J connectivity index is 2.37. The van der Waals surface area contributed by atoms with E-state index in [4.69, 9.17) is 15.4 Å². The highest BCUT2D eigenvalue weighted by atomic mass is 35.7. The van der Waals surface area contributed by atoms with Crippen molar-refractivity contribution in [1.82, 2.24) is 10.2 Å². The number of hydrogen-bond donors (Lipinski definition) is 2. The predicted molar refractivity (Wildman–Crippen MR) is 72.6 cm³/mol. The molecular formula is C11H10ClN3O4S. The van der Waals surface area contributed by atoms with Crippen molar-refractivity contribution in [2.75, 3.05) is 12.4 Å². The topological polar surface area (TPSA) is 101 Å². The largest absolute Gasteiger partial charge is 0.495 e. The Kier molecular flexibility index (Phi) is 3.96. The lowest BCUT2D eigenvalue weighted by molar-refractivity contribution is 0.102. The van der Waals surface area contributed by atoms with Crippen molar-refractivity contribution in [2.45, 2.75) is 4.90 Å². The number of nitrogens with zero attached hydrogens (tertiary/aromatic N) is 1. The number of benzene rings is 1. The minimum atomic E-state index is -3.89. The van der Waals surface area contributed by atoms with Crippen molar-refractivity contribution in [3.63, 3.8) is 0 Å². The summed E-state index contributed by atoms with van der Waals surface area (Å²) in [5, 5.41) is 8.66. The minimum Gasteiger partial charge on any atom is -0.495 e. The van der Waals surface area contributed by atoms with Gasteiger partial charge >= 0.3 is 0 Å². The summed E-state index contributed by atoms with van der Waals surface area (Å²) in [6, 6.07) is 5.38. The maximum atomic E-state index is 11.9. The molecule has 0 radical (unpaired) electrons. The van der Waals surface area contributed by atoms with Gasteiger partial charge in [0.05, 0.1) is 17.7 Å². The maximum Gasteiger partial charge on any atom is 0.273 e. The van der Waals surface area contributed by atoms with E-state index >= 15 is 0 Å². The summed E-state index contributed by atoms with van der Waals surface area (Å²) in [4.78, 5) is 11.7. The Morgan fingerprint density at radius 1 is 1.40 bits per heavy atom. The Morgan fingerprint density at radius 3 is 2.70 bits per heavy atom. The van der Waals surface area contributed by atoms with Crippen LogP contribution in [0.3, 0.4) is 0 Å². The van der Waals surface area contributed by atoms with Crippen molar-refractivity contribution in [2.24, 2.45) is 0 Å². The molecule has 106 valence electrons. The van der Waals surface area contributed by atoms with Gasteiger partial charge in [-0.3, -0.25) is 9.89 Å². The number of rotatable bonds is 4. The Bertz CT molecular complexity index is 728. The van der Waals surface area contributed by atoms with Gasteiger partial charge in [0.15, 0.2) is 0 Å². The first-order valence-corrected chi connectivity index (χ1v) is 7.66. The number of nitrogens with one attached hydrogen (secondary N) is 2. The van der Waals surface area contributed by atoms with Crippen LogP contribution in [0.5, 0.6) is 5.75 Å². The van der Waals surface area contributed by atoms with Crippen LogP contribution in [0, 0.1) is 0 Å². The van der Waals surface area contributed by atoms with E-state index < -0.39 is 15.0 Å². The third-order valence-electron chi connectivity index (χ3n) is 2.45. The highest BCUT2D eigenvalue weighted by Gasteiger charge is 2.16. The SMILES string of the molecule is COc1ccc(S(=O)(=O)Cl)cc1NC(=O)c1ccn[nH]1. The Labute approximate surface area is 119 Å². The smallest absolute Gasteiger partial charge is 0.273 e. The molecule has 1 aromatic heterocycles. The molecule has 0 atom stereocenters. The average molecular weight is 316 g/mol. The second kappa shape index (κ2) is 5.51. The van der Waals surface area contributed by atoms with E-state index in [1.807, 2.05) is 0 Å². The Hall–Kier alpha value is -2.06. The molecule has 7 nitrogen and oxygen atoms in total. The lowest BCUT2D eigenvalue weighted by Gasteiger charge is -2.10. The number of halogens is 1. The fraction of sp³-hybridized carbons (Fsp3) is 0.0909. The average Bonchev–Trinajstić information content (AvgIpc) is 2.91. The molecule has 0 aliphatic carbocycles. The first kappa shape index (κ1) is 14.4. The lowest BCUT2D eigenvalue weighted by Crippen LogP contribution is -2.13. The fourth-order valence-electron chi connectivity index (χ4n) is 1.51. The third-order valence-corrected chi connectivity index (χ3v) is 3.80. The number of hydrogen-bond acceptors (Lipinski definition) is 5. The second-order valence-electron chi connectivity index (χ2n) is 3.72. The molecular weight excluding hydrogens is 306 g/mol. The molecule has 0 aliphatic rings. The van der Waals surface area contributed by atoms with Gasteiger partial charge in [-0.05, 0) is 24.3 Å². The van der Waals surface area contributed by atoms with E-state index in [0.717, 1.165) is 0 Å². The van der Waals surface area contributed by atoms with Crippen LogP contribution in [0.2, 0.25) is 0 Å². The van der Waals surface area contributed by atoms with Crippen LogP contribution in [0.15, 0.2) is 35.4 Å². The summed E-state index contributed by atoms with van der Waals surface area (Å²) in [7, 11) is 2.77. The van der Waals surface area contributed by atoms with Gasteiger partial charge in [-0.2, -0.15) is 5.10 Å². The normalized spacial score (nSPS) is 11.1. The number of anilines is 1. The van der Waals surface area contributed by atoms with Gasteiger partial charge in [-0.25, -0.2) is 8.42 Å². The van der Waals surface area contributed by atoms with Crippen LogP contribution in [0.25, 0.3) is 0 Å². The number of carbonyl (C=O) groups is 1. The van der Waals surface area contributed by atoms with E-state index in [0.29, 0.717) is 5.75 Å². The van der Waals surface area contributed by atoms with Crippen LogP contribution in [-0.2, 0) is 9.05 Å². The Morgan fingerprint density at radius 2 is 2.15 bits per heavy atom. The van der Waals surface area contributed by atoms with Gasteiger partial charge in [-0.1, -0.05) is 0 Å². The van der Waals surface area contributed by atoms with Gasteiger partial charge in [0, 0.05) is 16.9 Å². The molecule has 1 aromatic carbocycles. The van der Waals surface area contributed by atoms with E-state index in [9.17, 15) is 13.2 Å². The second-order valence-corrected chi connectivity index (χ2v) is 6.29. The van der Waals surface area contributed by atoms with Crippen LogP contribution in [0.4, 0.5) is 5.69 Å². The van der Waals surface area contributed by atoms with Crippen molar-refractivity contribution in [3.05, 3.63) is 36.2 Å². The van der Waals surface area contributed by atoms with Crippen molar-refractivity contribution < 1.29 is 17.9 Å². The zero-order valence-corrected chi connectivity index (χ0v) is 11.8. The molecule has 1 amide bonds. The molecule has 0 aliphatic heterocycles. The zero-order chi connectivity index (χ0) is 14.8. The van der Waals surface area contributed by atoms with E-state index in [1.54, 1.807) is 0 Å². The van der Waals surface area contributed by atoms with Crippen LogP contribution in [-0.4, -0.2) is 31.6 Å². The molecule has 0 saturated heterocycles. The van der Waals surface area contributed by atoms with Crippen molar-refractivity contribution >= 4 is 31.3 Å². The summed E-state index contributed by atoms with van der Waals surface area (Å²) in [6.07, 6.45) is 1.42. The monoisotopic (exact) mass is 315 g/mol. The lowest BCUT2D eigenvalue weighted by atomic mass is 10.2. The number of amides is 1. The molecule has 0 bridgehead atoms. The molecule has 0 fully saturated rings. The summed E-state index contributed by atoms with van der Waals surface area (Å²) in [5.41, 5.74) is 0.417.